The van der Waals surface area contributed by atoms with Crippen LogP contribution in [0.5, 0.6) is 0 Å². The van der Waals surface area contributed by atoms with Gasteiger partial charge in [0.15, 0.2) is 16.7 Å². The first-order valence-corrected chi connectivity index (χ1v) is 49.0. The van der Waals surface area contributed by atoms with E-state index < -0.39 is 0 Å². The Labute approximate surface area is 816 Å². The Morgan fingerprint density at radius 2 is 0.406 bits per heavy atom. The summed E-state index contributed by atoms with van der Waals surface area (Å²) in [7, 11) is 0. The normalized spacial score (nSPS) is 12.2. The van der Waals surface area contributed by atoms with E-state index in [4.69, 9.17) is 13.3 Å². The van der Waals surface area contributed by atoms with Crippen molar-refractivity contribution in [3.05, 3.63) is 485 Å². The molecule has 9 heterocycles. The van der Waals surface area contributed by atoms with Crippen molar-refractivity contribution < 1.29 is 13.3 Å². The summed E-state index contributed by atoms with van der Waals surface area (Å²) in [4.78, 5) is 0. The maximum absolute atomic E-state index is 6.69. The highest BCUT2D eigenvalue weighted by molar-refractivity contribution is 6.31. The van der Waals surface area contributed by atoms with E-state index in [1.807, 2.05) is 18.2 Å². The highest BCUT2D eigenvalue weighted by Crippen LogP contribution is 2.51. The molecule has 0 radical (unpaired) electrons. The Morgan fingerprint density at radius 1 is 0.126 bits per heavy atom. The quantitative estimate of drug-likeness (QED) is 0.149. The average Bonchev–Trinajstić information content (AvgIpc) is 1.55. The minimum atomic E-state index is 0.904. The summed E-state index contributed by atoms with van der Waals surface area (Å²) in [5, 5.41) is 34.1. The standard InChI is InChI=1S/C48H28N2O.C44H26N2O.C42H26N2O/c1-2-12-29(13-3-1)50-45-28-44-41(27-42(45)38-24-25-39-37-19-9-11-21-46(37)51-48(39)47(38)50)36-18-8-10-20-43(36)49(44)30-22-23-35-33-16-5-4-14-31(33)32-15-6-7-17-34(32)40(35)26-30;1-2-13-28(14-3-1)45-40-26-41-36(25-37(40)34-22-23-35-33-19-9-11-21-42(33)47-44(35)43(34)45)32-18-8-10-20-38(32)46(41)39-24-27-12-4-5-15-29(27)30-16-6-7-17-31(30)39;1-3-12-27(13-4-1)28-14-11-17-30(24-28)44-39-26-38-35(31-18-7-9-20-37(31)43(38)29-15-5-2-6-16-29)25-36(39)33-22-23-34-32-19-8-10-21-40(32)45-42(34)41(33)44/h1-28H;1-26H;1-26H. The van der Waals surface area contributed by atoms with Crippen LogP contribution in [-0.4, -0.2) is 27.4 Å². The smallest absolute Gasteiger partial charge is 0.160 e. The van der Waals surface area contributed by atoms with Crippen LogP contribution in [0, 0.1) is 0 Å². The zero-order valence-electron chi connectivity index (χ0n) is 77.1. The fourth-order valence-electron chi connectivity index (χ4n) is 24.3. The lowest BCUT2D eigenvalue weighted by molar-refractivity contribution is 0.670. The van der Waals surface area contributed by atoms with Gasteiger partial charge in [-0.05, 0) is 217 Å². The molecule has 664 valence electrons. The molecule has 0 saturated heterocycles. The molecule has 0 saturated carbocycles. The largest absolute Gasteiger partial charge is 0.454 e. The number of hydrogen-bond donors (Lipinski definition) is 0. The molecule has 9 aromatic heterocycles. The third-order valence-corrected chi connectivity index (χ3v) is 30.4. The van der Waals surface area contributed by atoms with Gasteiger partial charge < -0.3 is 40.7 Å². The molecule has 9 heteroatoms. The predicted octanol–water partition coefficient (Wildman–Crippen LogP) is 36.8. The minimum Gasteiger partial charge on any atom is -0.454 e. The van der Waals surface area contributed by atoms with Gasteiger partial charge in [-0.2, -0.15) is 0 Å². The van der Waals surface area contributed by atoms with Gasteiger partial charge >= 0.3 is 0 Å². The summed E-state index contributed by atoms with van der Waals surface area (Å²) in [6.45, 7) is 0. The number of benzene rings is 24. The third-order valence-electron chi connectivity index (χ3n) is 30.4. The number of fused-ring (bicyclic) bond motifs is 39. The van der Waals surface area contributed by atoms with E-state index in [2.05, 4.69) is 495 Å². The Hall–Kier alpha value is -19.2. The summed E-state index contributed by atoms with van der Waals surface area (Å²) in [5.74, 6) is 0. The van der Waals surface area contributed by atoms with E-state index in [1.54, 1.807) is 0 Å². The Balaban J connectivity index is 0.0000000983. The molecule has 0 atom stereocenters. The lowest BCUT2D eigenvalue weighted by Gasteiger charge is -2.14. The maximum Gasteiger partial charge on any atom is 0.160 e. The van der Waals surface area contributed by atoms with Gasteiger partial charge in [0.1, 0.15) is 16.7 Å². The van der Waals surface area contributed by atoms with Crippen molar-refractivity contribution >= 4 is 251 Å². The number of nitrogens with zero attached hydrogens (tertiary/aromatic N) is 6. The molecule has 0 aliphatic heterocycles. The lowest BCUT2D eigenvalue weighted by atomic mass is 9.94. The second-order valence-corrected chi connectivity index (χ2v) is 37.9. The van der Waals surface area contributed by atoms with Crippen LogP contribution >= 0.6 is 0 Å². The van der Waals surface area contributed by atoms with E-state index >= 15 is 0 Å². The van der Waals surface area contributed by atoms with Crippen LogP contribution in [0.25, 0.3) is 296 Å². The number of aromatic nitrogens is 6. The van der Waals surface area contributed by atoms with Crippen LogP contribution in [0.1, 0.15) is 0 Å². The van der Waals surface area contributed by atoms with Crippen LogP contribution in [-0.2, 0) is 0 Å². The number of para-hydroxylation sites is 9. The van der Waals surface area contributed by atoms with Crippen LogP contribution in [0.15, 0.2) is 499 Å². The minimum absolute atomic E-state index is 0.904. The monoisotopic (exact) mass is 1820 g/mol. The van der Waals surface area contributed by atoms with Gasteiger partial charge in [0.2, 0.25) is 0 Å². The molecule has 9 nitrogen and oxygen atoms in total. The molecular formula is C134H80N6O3. The fraction of sp³-hybridized carbons (Fsp3) is 0. The van der Waals surface area contributed by atoms with Crippen molar-refractivity contribution in [2.45, 2.75) is 0 Å². The zero-order valence-corrected chi connectivity index (χ0v) is 77.1. The van der Waals surface area contributed by atoms with Gasteiger partial charge in [0.25, 0.3) is 0 Å². The SMILES string of the molecule is c1ccc(-c2cccc(-n3c4cc5c(cc4c4ccc6c7ccccc7oc6c43)c3ccccc3n5-c3ccccc3)c2)cc1.c1ccc(-n2c3cc4c(cc3c3ccc5c6ccccc6oc5c32)c2ccccc2n4-c2cc3ccccc3c3ccccc23)cc1.c1ccc(-n2c3cc4c(cc3c3ccc5c6ccccc6oc5c32)c2ccccc2n4-c2ccc3c4ccccc4c4ccccc4c3c2)cc1. The molecule has 0 unspecified atom stereocenters. The molecule has 0 aliphatic rings. The first kappa shape index (κ1) is 78.9. The molecule has 0 amide bonds. The Morgan fingerprint density at radius 3 is 0.853 bits per heavy atom. The van der Waals surface area contributed by atoms with Crippen LogP contribution in [0.3, 0.4) is 0 Å². The van der Waals surface area contributed by atoms with Gasteiger partial charge in [-0.25, -0.2) is 0 Å². The molecule has 143 heavy (non-hydrogen) atoms. The lowest BCUT2D eigenvalue weighted by Crippen LogP contribution is -1.97. The van der Waals surface area contributed by atoms with Gasteiger partial charge in [0.05, 0.1) is 71.9 Å². The van der Waals surface area contributed by atoms with E-state index in [-0.39, 0.29) is 0 Å². The van der Waals surface area contributed by atoms with E-state index in [0.29, 0.717) is 0 Å². The van der Waals surface area contributed by atoms with E-state index in [9.17, 15) is 0 Å². The molecule has 0 N–H and O–H groups in total. The Bertz CT molecular complexity index is 11200. The van der Waals surface area contributed by atoms with Gasteiger partial charge in [-0.1, -0.05) is 328 Å². The highest BCUT2D eigenvalue weighted by atomic mass is 16.3. The molecular weight excluding hydrogens is 1740 g/mol. The molecule has 24 aromatic carbocycles. The number of rotatable bonds is 7. The summed E-state index contributed by atoms with van der Waals surface area (Å²) >= 11 is 0. The fourth-order valence-corrected chi connectivity index (χ4v) is 24.3. The first-order chi connectivity index (χ1) is 71.0. The predicted molar refractivity (Wildman–Crippen MR) is 600 cm³/mol. The van der Waals surface area contributed by atoms with Crippen LogP contribution in [0.2, 0.25) is 0 Å². The second-order valence-electron chi connectivity index (χ2n) is 37.9. The van der Waals surface area contributed by atoms with E-state index in [1.165, 1.54) is 168 Å². The highest BCUT2D eigenvalue weighted by Gasteiger charge is 2.29. The molecule has 33 aromatic rings. The van der Waals surface area contributed by atoms with Crippen LogP contribution < -0.4 is 0 Å². The zero-order chi connectivity index (χ0) is 93.3. The third kappa shape index (κ3) is 11.6. The summed E-state index contributed by atoms with van der Waals surface area (Å²) in [6.07, 6.45) is 0. The molecule has 33 rings (SSSR count). The maximum atomic E-state index is 6.69. The van der Waals surface area contributed by atoms with Gasteiger partial charge in [-0.15, -0.1) is 0 Å². The van der Waals surface area contributed by atoms with Crippen molar-refractivity contribution in [3.63, 3.8) is 0 Å². The summed E-state index contributed by atoms with van der Waals surface area (Å²) in [6, 6.07) is 175. The van der Waals surface area contributed by atoms with Crippen molar-refractivity contribution in [2.75, 3.05) is 0 Å². The number of furan rings is 3. The van der Waals surface area contributed by atoms with Crippen molar-refractivity contribution in [1.29, 1.82) is 0 Å². The molecule has 0 bridgehead atoms. The average molecular weight is 1820 g/mol. The summed E-state index contributed by atoms with van der Waals surface area (Å²) in [5.41, 5.74) is 28.5. The van der Waals surface area contributed by atoms with Crippen molar-refractivity contribution in [2.24, 2.45) is 0 Å². The van der Waals surface area contributed by atoms with Crippen LogP contribution in [0.4, 0.5) is 0 Å². The summed E-state index contributed by atoms with van der Waals surface area (Å²) < 4.78 is 34.6. The van der Waals surface area contributed by atoms with Crippen molar-refractivity contribution in [1.82, 2.24) is 27.4 Å². The topological polar surface area (TPSA) is 69.0 Å². The number of hydrogen-bond acceptors (Lipinski definition) is 3. The van der Waals surface area contributed by atoms with Gasteiger partial charge in [0, 0.05) is 131 Å². The Kier molecular flexibility index (Phi) is 16.9. The van der Waals surface area contributed by atoms with E-state index in [0.717, 1.165) is 127 Å². The van der Waals surface area contributed by atoms with Crippen molar-refractivity contribution in [3.8, 4) is 45.3 Å². The molecule has 0 spiro atoms. The van der Waals surface area contributed by atoms with Gasteiger partial charge in [-0.3, -0.25) is 0 Å². The first-order valence-electron chi connectivity index (χ1n) is 49.0. The molecule has 0 fully saturated rings. The molecule has 0 aliphatic carbocycles. The second kappa shape index (κ2) is 30.6.